The van der Waals surface area contributed by atoms with Crippen molar-refractivity contribution < 1.29 is 31.1 Å². The summed E-state index contributed by atoms with van der Waals surface area (Å²) >= 11 is 0. The van der Waals surface area contributed by atoms with Gasteiger partial charge in [0.2, 0.25) is 9.84 Å². The molecule has 146 valence electrons. The Labute approximate surface area is 155 Å². The number of sulfone groups is 1. The molecule has 0 fully saturated rings. The van der Waals surface area contributed by atoms with Gasteiger partial charge in [-0.2, -0.15) is 13.2 Å². The predicted octanol–water partition coefficient (Wildman–Crippen LogP) is 3.14. The van der Waals surface area contributed by atoms with Crippen molar-refractivity contribution in [1.82, 2.24) is 5.32 Å². The van der Waals surface area contributed by atoms with Gasteiger partial charge in [0.05, 0.1) is 16.9 Å². The van der Waals surface area contributed by atoms with Gasteiger partial charge in [-0.25, -0.2) is 8.42 Å². The molecule has 1 amide bonds. The lowest BCUT2D eigenvalue weighted by Gasteiger charge is -2.09. The second-order valence-electron chi connectivity index (χ2n) is 5.68. The molecule has 0 heterocycles. The molecule has 0 aliphatic carbocycles. The molecule has 5 nitrogen and oxygen atoms in total. The maximum atomic E-state index is 12.6. The first-order valence-corrected chi connectivity index (χ1v) is 9.46. The second-order valence-corrected chi connectivity index (χ2v) is 7.63. The third-order valence-electron chi connectivity index (χ3n) is 3.79. The Balaban J connectivity index is 1.96. The molecule has 0 atom stereocenters. The Kier molecular flexibility index (Phi) is 6.48. The molecule has 0 saturated heterocycles. The van der Waals surface area contributed by atoms with E-state index in [0.717, 1.165) is 5.56 Å². The number of methoxy groups -OCH3 is 1. The standard InChI is InChI=1S/C18H18F3NO4S/c1-26-14-6-10-16(11-7-14)27(24,25)15-8-4-13(5-9-15)3-2-12-22-17(23)18(19,20)21/h4-11H,2-3,12H2,1H3,(H,22,23). The number of benzene rings is 2. The fourth-order valence-corrected chi connectivity index (χ4v) is 3.58. The number of carbonyl (C=O) groups excluding carboxylic acids is 1. The molecule has 2 aromatic rings. The van der Waals surface area contributed by atoms with Gasteiger partial charge in [0.15, 0.2) is 0 Å². The van der Waals surface area contributed by atoms with Gasteiger partial charge < -0.3 is 10.1 Å². The zero-order valence-corrected chi connectivity index (χ0v) is 15.2. The van der Waals surface area contributed by atoms with Crippen LogP contribution < -0.4 is 10.1 Å². The summed E-state index contributed by atoms with van der Waals surface area (Å²) in [4.78, 5) is 10.9. The summed E-state index contributed by atoms with van der Waals surface area (Å²) in [6, 6.07) is 12.1. The zero-order valence-electron chi connectivity index (χ0n) is 14.4. The first-order chi connectivity index (χ1) is 12.6. The average Bonchev–Trinajstić information content (AvgIpc) is 2.64. The Morgan fingerprint density at radius 3 is 2.00 bits per heavy atom. The van der Waals surface area contributed by atoms with Crippen LogP contribution in [0.1, 0.15) is 12.0 Å². The topological polar surface area (TPSA) is 72.5 Å². The summed E-state index contributed by atoms with van der Waals surface area (Å²) in [5, 5.41) is 1.79. The minimum absolute atomic E-state index is 0.113. The molecule has 0 unspecified atom stereocenters. The third-order valence-corrected chi connectivity index (χ3v) is 5.57. The normalized spacial score (nSPS) is 11.9. The van der Waals surface area contributed by atoms with Crippen LogP contribution in [0.15, 0.2) is 58.3 Å². The number of halogens is 3. The quantitative estimate of drug-likeness (QED) is 0.724. The average molecular weight is 401 g/mol. The highest BCUT2D eigenvalue weighted by atomic mass is 32.2. The van der Waals surface area contributed by atoms with Crippen LogP contribution in [-0.2, 0) is 21.1 Å². The molecule has 0 saturated carbocycles. The molecule has 0 aromatic heterocycles. The maximum Gasteiger partial charge on any atom is 0.471 e. The largest absolute Gasteiger partial charge is 0.497 e. The number of ether oxygens (including phenoxy) is 1. The molecule has 0 spiro atoms. The summed E-state index contributed by atoms with van der Waals surface area (Å²) in [7, 11) is -2.19. The molecule has 2 rings (SSSR count). The number of carbonyl (C=O) groups is 1. The van der Waals surface area contributed by atoms with E-state index in [1.807, 2.05) is 0 Å². The van der Waals surface area contributed by atoms with Crippen molar-refractivity contribution in [2.45, 2.75) is 28.8 Å². The highest BCUT2D eigenvalue weighted by Crippen LogP contribution is 2.23. The molecule has 0 aliphatic rings. The number of hydrogen-bond donors (Lipinski definition) is 1. The van der Waals surface area contributed by atoms with Crippen LogP contribution in [0.2, 0.25) is 0 Å². The van der Waals surface area contributed by atoms with Crippen LogP contribution in [-0.4, -0.2) is 34.2 Å². The van der Waals surface area contributed by atoms with E-state index in [9.17, 15) is 26.4 Å². The predicted molar refractivity (Wildman–Crippen MR) is 92.3 cm³/mol. The first-order valence-electron chi connectivity index (χ1n) is 7.97. The third kappa shape index (κ3) is 5.46. The Hall–Kier alpha value is -2.55. The molecule has 9 heteroatoms. The van der Waals surface area contributed by atoms with E-state index in [1.54, 1.807) is 29.6 Å². The van der Waals surface area contributed by atoms with Gasteiger partial charge in [0.1, 0.15) is 5.75 Å². The molecule has 0 bridgehead atoms. The van der Waals surface area contributed by atoms with Crippen LogP contribution in [0, 0.1) is 0 Å². The van der Waals surface area contributed by atoms with Gasteiger partial charge >= 0.3 is 12.1 Å². The van der Waals surface area contributed by atoms with E-state index >= 15 is 0 Å². The van der Waals surface area contributed by atoms with E-state index in [0.29, 0.717) is 18.6 Å². The highest BCUT2D eigenvalue weighted by Gasteiger charge is 2.38. The van der Waals surface area contributed by atoms with Gasteiger partial charge in [-0.05, 0) is 54.8 Å². The lowest BCUT2D eigenvalue weighted by Crippen LogP contribution is -2.37. The number of rotatable bonds is 7. The minimum atomic E-state index is -4.89. The number of amides is 1. The van der Waals surface area contributed by atoms with Gasteiger partial charge in [0.25, 0.3) is 0 Å². The van der Waals surface area contributed by atoms with Crippen molar-refractivity contribution in [2.24, 2.45) is 0 Å². The van der Waals surface area contributed by atoms with Crippen molar-refractivity contribution in [3.05, 3.63) is 54.1 Å². The fraction of sp³-hybridized carbons (Fsp3) is 0.278. The second kappa shape index (κ2) is 8.43. The summed E-state index contributed by atoms with van der Waals surface area (Å²) in [6.07, 6.45) is -4.19. The lowest BCUT2D eigenvalue weighted by atomic mass is 10.1. The zero-order chi connectivity index (χ0) is 20.1. The molecule has 1 N–H and O–H groups in total. The SMILES string of the molecule is COc1ccc(S(=O)(=O)c2ccc(CCCNC(=O)C(F)(F)F)cc2)cc1. The molecule has 0 aliphatic heterocycles. The van der Waals surface area contributed by atoms with E-state index in [1.165, 1.54) is 31.4 Å². The Morgan fingerprint density at radius 1 is 1.00 bits per heavy atom. The smallest absolute Gasteiger partial charge is 0.471 e. The van der Waals surface area contributed by atoms with Gasteiger partial charge in [-0.15, -0.1) is 0 Å². The van der Waals surface area contributed by atoms with Crippen molar-refractivity contribution >= 4 is 15.7 Å². The summed E-state index contributed by atoms with van der Waals surface area (Å²) < 4.78 is 66.3. The molecule has 2 aromatic carbocycles. The summed E-state index contributed by atoms with van der Waals surface area (Å²) in [5.74, 6) is -1.43. The van der Waals surface area contributed by atoms with Crippen molar-refractivity contribution in [1.29, 1.82) is 0 Å². The number of nitrogens with one attached hydrogen (secondary N) is 1. The number of alkyl halides is 3. The molecule has 0 radical (unpaired) electrons. The van der Waals surface area contributed by atoms with Crippen LogP contribution in [0.25, 0.3) is 0 Å². The van der Waals surface area contributed by atoms with Crippen molar-refractivity contribution in [2.75, 3.05) is 13.7 Å². The van der Waals surface area contributed by atoms with Crippen LogP contribution >= 0.6 is 0 Å². The Bertz CT molecular complexity index is 876. The highest BCUT2D eigenvalue weighted by molar-refractivity contribution is 7.91. The summed E-state index contributed by atoms with van der Waals surface area (Å²) in [6.45, 7) is -0.121. The van der Waals surface area contributed by atoms with E-state index in [2.05, 4.69) is 0 Å². The molecular formula is C18H18F3NO4S. The fourth-order valence-electron chi connectivity index (χ4n) is 2.32. The van der Waals surface area contributed by atoms with Crippen molar-refractivity contribution in [3.8, 4) is 5.75 Å². The Morgan fingerprint density at radius 2 is 1.52 bits per heavy atom. The van der Waals surface area contributed by atoms with E-state index in [4.69, 9.17) is 4.74 Å². The lowest BCUT2D eigenvalue weighted by molar-refractivity contribution is -0.173. The first kappa shape index (κ1) is 20.8. The van der Waals surface area contributed by atoms with Crippen molar-refractivity contribution in [3.63, 3.8) is 0 Å². The van der Waals surface area contributed by atoms with Crippen LogP contribution in [0.4, 0.5) is 13.2 Å². The van der Waals surface area contributed by atoms with Gasteiger partial charge in [-0.1, -0.05) is 12.1 Å². The van der Waals surface area contributed by atoms with E-state index in [-0.39, 0.29) is 16.3 Å². The van der Waals surface area contributed by atoms with Crippen LogP contribution in [0.5, 0.6) is 5.75 Å². The van der Waals surface area contributed by atoms with Gasteiger partial charge in [0, 0.05) is 6.54 Å². The summed E-state index contributed by atoms with van der Waals surface area (Å²) in [5.41, 5.74) is 0.755. The number of hydrogen-bond acceptors (Lipinski definition) is 4. The van der Waals surface area contributed by atoms with Gasteiger partial charge in [-0.3, -0.25) is 4.79 Å². The van der Waals surface area contributed by atoms with Crippen LogP contribution in [0.3, 0.4) is 0 Å². The maximum absolute atomic E-state index is 12.6. The monoisotopic (exact) mass is 401 g/mol. The molecular weight excluding hydrogens is 383 g/mol. The van der Waals surface area contributed by atoms with E-state index < -0.39 is 21.9 Å². The minimum Gasteiger partial charge on any atom is -0.497 e. The number of aryl methyl sites for hydroxylation is 1. The molecule has 27 heavy (non-hydrogen) atoms.